The van der Waals surface area contributed by atoms with Gasteiger partial charge in [-0.1, -0.05) is 19.1 Å². The van der Waals surface area contributed by atoms with Gasteiger partial charge in [-0.05, 0) is 38.9 Å². The van der Waals surface area contributed by atoms with Crippen LogP contribution in [0.1, 0.15) is 32.3 Å². The van der Waals surface area contributed by atoms with Gasteiger partial charge >= 0.3 is 0 Å². The van der Waals surface area contributed by atoms with Crippen molar-refractivity contribution in [2.24, 2.45) is 5.73 Å². The molecule has 0 amide bonds. The molecule has 5 nitrogen and oxygen atoms in total. The largest absolute Gasteiger partial charge is 0.493 e. The number of hydrogen-bond acceptors (Lipinski definition) is 5. The van der Waals surface area contributed by atoms with Crippen LogP contribution in [0.5, 0.6) is 11.5 Å². The summed E-state index contributed by atoms with van der Waals surface area (Å²) < 4.78 is 11.7. The van der Waals surface area contributed by atoms with Crippen LogP contribution < -0.4 is 15.2 Å². The summed E-state index contributed by atoms with van der Waals surface area (Å²) in [6.45, 7) is 11.5. The Hall–Kier alpha value is -1.30. The van der Waals surface area contributed by atoms with Crippen LogP contribution in [0.25, 0.3) is 0 Å². The number of para-hydroxylation sites is 1. The summed E-state index contributed by atoms with van der Waals surface area (Å²) >= 11 is 0. The molecule has 1 fully saturated rings. The van der Waals surface area contributed by atoms with Gasteiger partial charge in [0.25, 0.3) is 0 Å². The molecule has 2 N–H and O–H groups in total. The number of piperazine rings is 1. The molecule has 2 rings (SSSR count). The van der Waals surface area contributed by atoms with Crippen molar-refractivity contribution in [2.45, 2.75) is 39.3 Å². The van der Waals surface area contributed by atoms with Gasteiger partial charge in [0.1, 0.15) is 0 Å². The van der Waals surface area contributed by atoms with Gasteiger partial charge in [0, 0.05) is 38.3 Å². The Morgan fingerprint density at radius 3 is 2.50 bits per heavy atom. The fourth-order valence-electron chi connectivity index (χ4n) is 2.99. The molecule has 0 spiro atoms. The number of nitrogens with two attached hydrogens (primary N) is 1. The molecule has 0 aliphatic carbocycles. The van der Waals surface area contributed by atoms with Gasteiger partial charge in [0.2, 0.25) is 0 Å². The third-order valence-corrected chi connectivity index (χ3v) is 4.71. The zero-order valence-electron chi connectivity index (χ0n) is 15.5. The summed E-state index contributed by atoms with van der Waals surface area (Å²) in [6.07, 6.45) is 2.26. The highest BCUT2D eigenvalue weighted by atomic mass is 16.5. The molecule has 5 heteroatoms. The van der Waals surface area contributed by atoms with Crippen LogP contribution >= 0.6 is 0 Å². The van der Waals surface area contributed by atoms with Crippen LogP contribution in [0, 0.1) is 0 Å². The molecule has 0 saturated carbocycles. The minimum Gasteiger partial charge on any atom is -0.493 e. The van der Waals surface area contributed by atoms with E-state index < -0.39 is 0 Å². The zero-order chi connectivity index (χ0) is 17.4. The van der Waals surface area contributed by atoms with Crippen molar-refractivity contribution in [3.63, 3.8) is 0 Å². The summed E-state index contributed by atoms with van der Waals surface area (Å²) in [5.41, 5.74) is 6.82. The molecule has 1 aliphatic heterocycles. The maximum Gasteiger partial charge on any atom is 0.166 e. The Bertz CT molecular complexity index is 488. The summed E-state index contributed by atoms with van der Waals surface area (Å²) in [4.78, 5) is 5.00. The number of ether oxygens (including phenoxy) is 2. The van der Waals surface area contributed by atoms with Crippen LogP contribution in [0.3, 0.4) is 0 Å². The van der Waals surface area contributed by atoms with E-state index in [1.54, 1.807) is 7.11 Å². The van der Waals surface area contributed by atoms with Crippen molar-refractivity contribution in [1.29, 1.82) is 0 Å². The molecule has 1 unspecified atom stereocenters. The van der Waals surface area contributed by atoms with E-state index in [1.807, 2.05) is 6.07 Å². The Kier molecular flexibility index (Phi) is 7.82. The van der Waals surface area contributed by atoms with Crippen LogP contribution in [-0.2, 0) is 6.54 Å². The van der Waals surface area contributed by atoms with Crippen molar-refractivity contribution >= 4 is 0 Å². The fraction of sp³-hybridized carbons (Fsp3) is 0.684. The Balaban J connectivity index is 1.99. The molecule has 0 bridgehead atoms. The monoisotopic (exact) mass is 335 g/mol. The highest BCUT2D eigenvalue weighted by molar-refractivity contribution is 5.46. The predicted molar refractivity (Wildman–Crippen MR) is 98.8 cm³/mol. The molecule has 1 aromatic carbocycles. The topological polar surface area (TPSA) is 51.0 Å². The molecule has 1 atom stereocenters. The molecule has 24 heavy (non-hydrogen) atoms. The van der Waals surface area contributed by atoms with E-state index in [-0.39, 0.29) is 6.10 Å². The smallest absolute Gasteiger partial charge is 0.166 e. The molecular formula is C19H33N3O2. The first-order valence-corrected chi connectivity index (χ1v) is 9.15. The molecule has 1 aromatic rings. The van der Waals surface area contributed by atoms with Gasteiger partial charge in [-0.25, -0.2) is 0 Å². The van der Waals surface area contributed by atoms with Crippen molar-refractivity contribution in [3.05, 3.63) is 23.8 Å². The van der Waals surface area contributed by atoms with Gasteiger partial charge in [0.05, 0.1) is 13.2 Å². The van der Waals surface area contributed by atoms with Crippen LogP contribution in [0.2, 0.25) is 0 Å². The van der Waals surface area contributed by atoms with Gasteiger partial charge in [-0.15, -0.1) is 0 Å². The molecule has 0 radical (unpaired) electrons. The second-order valence-electron chi connectivity index (χ2n) is 6.55. The van der Waals surface area contributed by atoms with Crippen molar-refractivity contribution in [3.8, 4) is 11.5 Å². The number of rotatable bonds is 9. The highest BCUT2D eigenvalue weighted by Gasteiger charge is 2.20. The average molecular weight is 335 g/mol. The quantitative estimate of drug-likeness (QED) is 0.751. The van der Waals surface area contributed by atoms with Gasteiger partial charge < -0.3 is 20.1 Å². The first kappa shape index (κ1) is 19.0. The number of hydrogen-bond donors (Lipinski definition) is 1. The minimum atomic E-state index is 0.188. The molecule has 0 aromatic heterocycles. The number of nitrogens with zero attached hydrogens (tertiary/aromatic N) is 2. The lowest BCUT2D eigenvalue weighted by molar-refractivity contribution is 0.124. The van der Waals surface area contributed by atoms with Crippen molar-refractivity contribution in [1.82, 2.24) is 9.80 Å². The normalized spacial score (nSPS) is 17.7. The number of benzene rings is 1. The second kappa shape index (κ2) is 9.87. The standard InChI is InChI=1S/C19H33N3O2/c1-4-16(2)24-19-17(7-5-8-18(19)23-3)15-22-13-11-21(12-14-22)10-6-9-20/h5,7-8,16H,4,6,9-15,20H2,1-3H3. The molecular weight excluding hydrogens is 302 g/mol. The van der Waals surface area contributed by atoms with Gasteiger partial charge in [-0.3, -0.25) is 4.90 Å². The lowest BCUT2D eigenvalue weighted by atomic mass is 10.1. The van der Waals surface area contributed by atoms with Gasteiger partial charge in [0.15, 0.2) is 11.5 Å². The van der Waals surface area contributed by atoms with Crippen LogP contribution in [0.15, 0.2) is 18.2 Å². The lowest BCUT2D eigenvalue weighted by Crippen LogP contribution is -2.46. The third kappa shape index (κ3) is 5.36. The number of methoxy groups -OCH3 is 1. The molecule has 136 valence electrons. The molecule has 1 heterocycles. The average Bonchev–Trinajstić information content (AvgIpc) is 2.62. The van der Waals surface area contributed by atoms with Gasteiger partial charge in [-0.2, -0.15) is 0 Å². The Morgan fingerprint density at radius 2 is 1.88 bits per heavy atom. The van der Waals surface area contributed by atoms with E-state index in [9.17, 15) is 0 Å². The summed E-state index contributed by atoms with van der Waals surface area (Å²) in [6, 6.07) is 6.18. The SMILES string of the molecule is CCC(C)Oc1c(CN2CCN(CCCN)CC2)cccc1OC. The van der Waals surface area contributed by atoms with E-state index in [1.165, 1.54) is 5.56 Å². The van der Waals surface area contributed by atoms with Crippen molar-refractivity contribution in [2.75, 3.05) is 46.4 Å². The fourth-order valence-corrected chi connectivity index (χ4v) is 2.99. The Morgan fingerprint density at radius 1 is 1.17 bits per heavy atom. The Labute approximate surface area is 146 Å². The minimum absolute atomic E-state index is 0.188. The molecule has 1 aliphatic rings. The maximum atomic E-state index is 6.16. The van der Waals surface area contributed by atoms with Crippen LogP contribution in [-0.4, -0.2) is 62.3 Å². The first-order valence-electron chi connectivity index (χ1n) is 9.15. The van der Waals surface area contributed by atoms with E-state index in [2.05, 4.69) is 35.8 Å². The maximum absolute atomic E-state index is 6.16. The predicted octanol–water partition coefficient (Wildman–Crippen LogP) is 2.34. The second-order valence-corrected chi connectivity index (χ2v) is 6.55. The van der Waals surface area contributed by atoms with E-state index >= 15 is 0 Å². The zero-order valence-corrected chi connectivity index (χ0v) is 15.5. The van der Waals surface area contributed by atoms with Crippen LogP contribution in [0.4, 0.5) is 0 Å². The highest BCUT2D eigenvalue weighted by Crippen LogP contribution is 2.33. The lowest BCUT2D eigenvalue weighted by Gasteiger charge is -2.35. The third-order valence-electron chi connectivity index (χ3n) is 4.71. The first-order chi connectivity index (χ1) is 11.7. The molecule has 1 saturated heterocycles. The summed E-state index contributed by atoms with van der Waals surface area (Å²) in [7, 11) is 1.71. The van der Waals surface area contributed by atoms with E-state index in [0.717, 1.165) is 70.2 Å². The summed E-state index contributed by atoms with van der Waals surface area (Å²) in [5.74, 6) is 1.73. The van der Waals surface area contributed by atoms with E-state index in [0.29, 0.717) is 0 Å². The summed E-state index contributed by atoms with van der Waals surface area (Å²) in [5, 5.41) is 0. The van der Waals surface area contributed by atoms with E-state index in [4.69, 9.17) is 15.2 Å². The van der Waals surface area contributed by atoms with Crippen molar-refractivity contribution < 1.29 is 9.47 Å².